The molecule has 2 aromatic rings. The van der Waals surface area contributed by atoms with Gasteiger partial charge in [-0.1, -0.05) is 27.7 Å². The second-order valence-electron chi connectivity index (χ2n) is 5.97. The minimum absolute atomic E-state index is 0.119. The number of hydrogen-bond acceptors (Lipinski definition) is 4. The summed E-state index contributed by atoms with van der Waals surface area (Å²) < 4.78 is 2.34. The molecule has 116 valence electrons. The van der Waals surface area contributed by atoms with Crippen molar-refractivity contribution < 1.29 is 0 Å². The maximum atomic E-state index is 4.82. The van der Waals surface area contributed by atoms with Gasteiger partial charge in [-0.25, -0.2) is 4.98 Å². The van der Waals surface area contributed by atoms with Crippen molar-refractivity contribution in [3.05, 3.63) is 35.3 Å². The van der Waals surface area contributed by atoms with Gasteiger partial charge in [-0.05, 0) is 50.0 Å². The number of hydrogen-bond donors (Lipinski definition) is 1. The van der Waals surface area contributed by atoms with Crippen molar-refractivity contribution in [2.45, 2.75) is 45.6 Å². The Kier molecular flexibility index (Phi) is 6.05. The molecule has 0 radical (unpaired) electrons. The fourth-order valence-electron chi connectivity index (χ4n) is 2.05. The average Bonchev–Trinajstić information content (AvgIpc) is 2.95. The molecule has 2 heterocycles. The Morgan fingerprint density at radius 3 is 2.52 bits per heavy atom. The van der Waals surface area contributed by atoms with Crippen molar-refractivity contribution in [3.63, 3.8) is 0 Å². The summed E-state index contributed by atoms with van der Waals surface area (Å²) >= 11 is 10.7. The smallest absolute Gasteiger partial charge is 0.0947 e. The van der Waals surface area contributed by atoms with E-state index in [-0.39, 0.29) is 5.41 Å². The van der Waals surface area contributed by atoms with Gasteiger partial charge < -0.3 is 5.32 Å². The highest BCUT2D eigenvalue weighted by Gasteiger charge is 2.21. The van der Waals surface area contributed by atoms with Crippen LogP contribution < -0.4 is 5.32 Å². The summed E-state index contributed by atoms with van der Waals surface area (Å²) in [4.78, 5) is 4.82. The van der Waals surface area contributed by atoms with Crippen molar-refractivity contribution in [2.24, 2.45) is 0 Å². The first-order chi connectivity index (χ1) is 9.81. The monoisotopic (exact) mass is 450 g/mol. The predicted molar refractivity (Wildman–Crippen MR) is 101 cm³/mol. The van der Waals surface area contributed by atoms with E-state index in [9.17, 15) is 0 Å². The number of thiophene rings is 1. The molecule has 0 aliphatic heterocycles. The molecule has 1 atom stereocenters. The number of halogens is 2. The van der Waals surface area contributed by atoms with Gasteiger partial charge >= 0.3 is 0 Å². The van der Waals surface area contributed by atoms with Crippen LogP contribution in [0.2, 0.25) is 0 Å². The van der Waals surface area contributed by atoms with E-state index in [1.54, 1.807) is 22.7 Å². The lowest BCUT2D eigenvalue weighted by Gasteiger charge is -2.17. The zero-order valence-corrected chi connectivity index (χ0v) is 17.5. The molecule has 0 saturated carbocycles. The van der Waals surface area contributed by atoms with E-state index in [0.29, 0.717) is 6.04 Å². The fourth-order valence-corrected chi connectivity index (χ4v) is 6.09. The predicted octanol–water partition coefficient (Wildman–Crippen LogP) is 5.92. The first-order valence-corrected chi connectivity index (χ1v) is 10.2. The maximum Gasteiger partial charge on any atom is 0.0947 e. The second-order valence-corrected chi connectivity index (χ2v) is 10.7. The van der Waals surface area contributed by atoms with Crippen LogP contribution in [0.5, 0.6) is 0 Å². The quantitative estimate of drug-likeness (QED) is 0.609. The Hall–Kier alpha value is 0.250. The third-order valence-corrected chi connectivity index (χ3v) is 6.46. The molecule has 1 N–H and O–H groups in total. The van der Waals surface area contributed by atoms with Gasteiger partial charge in [-0.15, -0.1) is 22.7 Å². The van der Waals surface area contributed by atoms with Crippen LogP contribution >= 0.6 is 54.5 Å². The minimum atomic E-state index is 0.119. The van der Waals surface area contributed by atoms with Crippen LogP contribution in [0, 0.1) is 0 Å². The fraction of sp³-hybridized carbons (Fsp3) is 0.533. The highest BCUT2D eigenvalue weighted by molar-refractivity contribution is 9.12. The van der Waals surface area contributed by atoms with E-state index in [1.807, 2.05) is 0 Å². The largest absolute Gasteiger partial charge is 0.310 e. The van der Waals surface area contributed by atoms with Crippen LogP contribution in [0.3, 0.4) is 0 Å². The van der Waals surface area contributed by atoms with Gasteiger partial charge in [0.25, 0.3) is 0 Å². The topological polar surface area (TPSA) is 24.9 Å². The Labute approximate surface area is 151 Å². The van der Waals surface area contributed by atoms with Crippen molar-refractivity contribution in [1.29, 1.82) is 0 Å². The lowest BCUT2D eigenvalue weighted by molar-refractivity contribution is 0.539. The highest BCUT2D eigenvalue weighted by atomic mass is 79.9. The number of rotatable bonds is 5. The normalized spacial score (nSPS) is 13.6. The van der Waals surface area contributed by atoms with Gasteiger partial charge in [0, 0.05) is 23.3 Å². The molecule has 6 heteroatoms. The van der Waals surface area contributed by atoms with E-state index in [2.05, 4.69) is 76.3 Å². The molecule has 0 bridgehead atoms. The Morgan fingerprint density at radius 2 is 2.05 bits per heavy atom. The van der Waals surface area contributed by atoms with Crippen LogP contribution in [0.15, 0.2) is 19.0 Å². The van der Waals surface area contributed by atoms with E-state index in [1.165, 1.54) is 20.1 Å². The Balaban J connectivity index is 2.20. The van der Waals surface area contributed by atoms with Crippen molar-refractivity contribution in [1.82, 2.24) is 10.3 Å². The Morgan fingerprint density at radius 1 is 1.33 bits per heavy atom. The van der Waals surface area contributed by atoms with Crippen LogP contribution in [0.25, 0.3) is 0 Å². The van der Waals surface area contributed by atoms with E-state index < -0.39 is 0 Å². The van der Waals surface area contributed by atoms with E-state index in [0.717, 1.165) is 16.8 Å². The Bertz CT molecular complexity index is 599. The summed E-state index contributed by atoms with van der Waals surface area (Å²) in [7, 11) is 0. The van der Waals surface area contributed by atoms with Gasteiger partial charge in [0.1, 0.15) is 0 Å². The van der Waals surface area contributed by atoms with Gasteiger partial charge in [0.2, 0.25) is 0 Å². The molecule has 0 fully saturated rings. The first-order valence-electron chi connectivity index (χ1n) is 6.94. The summed E-state index contributed by atoms with van der Waals surface area (Å²) in [5, 5.41) is 6.96. The van der Waals surface area contributed by atoms with Gasteiger partial charge in [-0.2, -0.15) is 0 Å². The molecule has 2 aromatic heterocycles. The van der Waals surface area contributed by atoms with Crippen LogP contribution in [0.4, 0.5) is 0 Å². The van der Waals surface area contributed by atoms with Crippen molar-refractivity contribution in [3.8, 4) is 0 Å². The van der Waals surface area contributed by atoms with Crippen molar-refractivity contribution >= 4 is 54.5 Å². The number of nitrogens with zero attached hydrogens (tertiary/aromatic N) is 1. The van der Waals surface area contributed by atoms with Gasteiger partial charge in [0.05, 0.1) is 18.3 Å². The van der Waals surface area contributed by atoms with Gasteiger partial charge in [-0.3, -0.25) is 0 Å². The molecule has 0 aliphatic rings. The van der Waals surface area contributed by atoms with Crippen LogP contribution in [0.1, 0.15) is 50.0 Å². The summed E-state index contributed by atoms with van der Waals surface area (Å²) in [6.45, 7) is 9.72. The third-order valence-electron chi connectivity index (χ3n) is 3.21. The van der Waals surface area contributed by atoms with E-state index >= 15 is 0 Å². The maximum absolute atomic E-state index is 4.82. The molecular formula is C15H20Br2N2S2. The molecule has 2 nitrogen and oxygen atoms in total. The molecule has 0 aliphatic carbocycles. The molecule has 0 aromatic carbocycles. The van der Waals surface area contributed by atoms with E-state index in [4.69, 9.17) is 4.98 Å². The molecule has 2 rings (SSSR count). The number of thiazole rings is 1. The molecule has 1 unspecified atom stereocenters. The molecule has 0 spiro atoms. The zero-order chi connectivity index (χ0) is 15.6. The third kappa shape index (κ3) is 4.61. The highest BCUT2D eigenvalue weighted by Crippen LogP contribution is 2.37. The molecule has 0 saturated heterocycles. The summed E-state index contributed by atoms with van der Waals surface area (Å²) in [6, 6.07) is 2.49. The van der Waals surface area contributed by atoms with Gasteiger partial charge in [0.15, 0.2) is 0 Å². The number of aromatic nitrogens is 1. The lowest BCUT2D eigenvalue weighted by Crippen LogP contribution is -2.23. The zero-order valence-electron chi connectivity index (χ0n) is 12.7. The first kappa shape index (κ1) is 17.6. The minimum Gasteiger partial charge on any atom is -0.310 e. The lowest BCUT2D eigenvalue weighted by atomic mass is 9.93. The molecule has 0 amide bonds. The average molecular weight is 452 g/mol. The molecular weight excluding hydrogens is 432 g/mol. The molecule has 21 heavy (non-hydrogen) atoms. The van der Waals surface area contributed by atoms with Crippen molar-refractivity contribution in [2.75, 3.05) is 6.54 Å². The SMILES string of the molecule is CCNC(Cc1nc(C(C)(C)C)cs1)c1cc(Br)sc1Br. The van der Waals surface area contributed by atoms with Crippen LogP contribution in [-0.4, -0.2) is 11.5 Å². The summed E-state index contributed by atoms with van der Waals surface area (Å²) in [5.74, 6) is 0. The second kappa shape index (κ2) is 7.21. The summed E-state index contributed by atoms with van der Waals surface area (Å²) in [6.07, 6.45) is 0.927. The summed E-state index contributed by atoms with van der Waals surface area (Å²) in [5.41, 5.74) is 2.61. The number of nitrogens with one attached hydrogen (secondary N) is 1. The van der Waals surface area contributed by atoms with Crippen LogP contribution in [-0.2, 0) is 11.8 Å². The standard InChI is InChI=1S/C15H20Br2N2S2/c1-5-18-10(9-6-12(16)21-14(9)17)7-13-19-11(8-20-13)15(2,3)4/h6,8,10,18H,5,7H2,1-4H3. The number of likely N-dealkylation sites (N-methyl/N-ethyl adjacent to an activating group) is 1.